The van der Waals surface area contributed by atoms with Gasteiger partial charge in [0.1, 0.15) is 5.75 Å². The Hall–Kier alpha value is -1.58. The molecule has 1 saturated heterocycles. The standard InChI is InChI=1S/C18H22O3/c1-20-18-7-6-15(14-4-2-3-5-16(14)18)17(19)12-13-8-10-21-11-9-13/h2-7,13,17,19H,8-12H2,1H3. The van der Waals surface area contributed by atoms with Crippen LogP contribution >= 0.6 is 0 Å². The molecule has 112 valence electrons. The molecule has 0 aromatic heterocycles. The maximum atomic E-state index is 10.7. The molecule has 2 aromatic carbocycles. The van der Waals surface area contributed by atoms with Crippen LogP contribution in [0.1, 0.15) is 30.9 Å². The molecule has 1 unspecified atom stereocenters. The summed E-state index contributed by atoms with van der Waals surface area (Å²) in [7, 11) is 1.68. The van der Waals surface area contributed by atoms with Crippen LogP contribution < -0.4 is 4.74 Å². The van der Waals surface area contributed by atoms with Crippen molar-refractivity contribution < 1.29 is 14.6 Å². The van der Waals surface area contributed by atoms with Gasteiger partial charge in [-0.05, 0) is 42.2 Å². The van der Waals surface area contributed by atoms with E-state index in [1.807, 2.05) is 30.3 Å². The summed E-state index contributed by atoms with van der Waals surface area (Å²) in [5.41, 5.74) is 0.998. The van der Waals surface area contributed by atoms with E-state index in [2.05, 4.69) is 6.07 Å². The largest absolute Gasteiger partial charge is 0.496 e. The first-order valence-corrected chi connectivity index (χ1v) is 7.61. The first-order valence-electron chi connectivity index (χ1n) is 7.61. The second-order valence-corrected chi connectivity index (χ2v) is 5.71. The number of aliphatic hydroxyl groups excluding tert-OH is 1. The van der Waals surface area contributed by atoms with E-state index in [1.165, 1.54) is 0 Å². The molecule has 1 aliphatic heterocycles. The minimum Gasteiger partial charge on any atom is -0.496 e. The van der Waals surface area contributed by atoms with E-state index in [1.54, 1.807) is 7.11 Å². The van der Waals surface area contributed by atoms with E-state index in [4.69, 9.17) is 9.47 Å². The van der Waals surface area contributed by atoms with Crippen molar-refractivity contribution in [2.24, 2.45) is 5.92 Å². The van der Waals surface area contributed by atoms with Gasteiger partial charge in [0.15, 0.2) is 0 Å². The zero-order chi connectivity index (χ0) is 14.7. The van der Waals surface area contributed by atoms with E-state index >= 15 is 0 Å². The molecule has 3 nitrogen and oxygen atoms in total. The molecule has 0 spiro atoms. The van der Waals surface area contributed by atoms with Crippen molar-refractivity contribution in [1.82, 2.24) is 0 Å². The van der Waals surface area contributed by atoms with Crippen molar-refractivity contribution >= 4 is 10.8 Å². The predicted octanol–water partition coefficient (Wildman–Crippen LogP) is 3.70. The molecule has 0 bridgehead atoms. The summed E-state index contributed by atoms with van der Waals surface area (Å²) in [6.45, 7) is 1.64. The fraction of sp³-hybridized carbons (Fsp3) is 0.444. The van der Waals surface area contributed by atoms with Crippen LogP contribution in [0.15, 0.2) is 36.4 Å². The fourth-order valence-electron chi connectivity index (χ4n) is 3.19. The number of ether oxygens (including phenoxy) is 2. The number of benzene rings is 2. The molecule has 3 rings (SSSR count). The molecule has 0 radical (unpaired) electrons. The molecule has 1 N–H and O–H groups in total. The predicted molar refractivity (Wildman–Crippen MR) is 83.6 cm³/mol. The van der Waals surface area contributed by atoms with Crippen LogP contribution in [0.4, 0.5) is 0 Å². The normalized spacial score (nSPS) is 17.8. The van der Waals surface area contributed by atoms with Crippen molar-refractivity contribution in [2.75, 3.05) is 20.3 Å². The minimum absolute atomic E-state index is 0.427. The lowest BCUT2D eigenvalue weighted by Gasteiger charge is -2.25. The second-order valence-electron chi connectivity index (χ2n) is 5.71. The van der Waals surface area contributed by atoms with Gasteiger partial charge >= 0.3 is 0 Å². The lowest BCUT2D eigenvalue weighted by Crippen LogP contribution is -2.18. The molecule has 3 heteroatoms. The Morgan fingerprint density at radius 3 is 2.57 bits per heavy atom. The van der Waals surface area contributed by atoms with Gasteiger partial charge < -0.3 is 14.6 Å². The summed E-state index contributed by atoms with van der Waals surface area (Å²) in [6.07, 6.45) is 2.47. The van der Waals surface area contributed by atoms with Gasteiger partial charge in [0, 0.05) is 18.6 Å². The van der Waals surface area contributed by atoms with Crippen LogP contribution in [0.5, 0.6) is 5.75 Å². The lowest BCUT2D eigenvalue weighted by molar-refractivity contribution is 0.0438. The van der Waals surface area contributed by atoms with Crippen molar-refractivity contribution in [3.63, 3.8) is 0 Å². The molecule has 1 fully saturated rings. The summed E-state index contributed by atoms with van der Waals surface area (Å²) in [6, 6.07) is 12.0. The number of rotatable bonds is 4. The fourth-order valence-corrected chi connectivity index (χ4v) is 3.19. The van der Waals surface area contributed by atoms with Gasteiger partial charge in [0.25, 0.3) is 0 Å². The number of aliphatic hydroxyl groups is 1. The van der Waals surface area contributed by atoms with Crippen molar-refractivity contribution in [3.8, 4) is 5.75 Å². The van der Waals surface area contributed by atoms with E-state index in [0.29, 0.717) is 5.92 Å². The minimum atomic E-state index is -0.427. The van der Waals surface area contributed by atoms with Gasteiger partial charge in [0.05, 0.1) is 13.2 Å². The first-order chi connectivity index (χ1) is 10.3. The summed E-state index contributed by atoms with van der Waals surface area (Å²) in [4.78, 5) is 0. The number of hydrogen-bond acceptors (Lipinski definition) is 3. The van der Waals surface area contributed by atoms with Gasteiger partial charge in [0.2, 0.25) is 0 Å². The Morgan fingerprint density at radius 2 is 1.86 bits per heavy atom. The van der Waals surface area contributed by atoms with Crippen LogP contribution in [0, 0.1) is 5.92 Å². The smallest absolute Gasteiger partial charge is 0.126 e. The Bertz CT molecular complexity index is 602. The molecule has 21 heavy (non-hydrogen) atoms. The van der Waals surface area contributed by atoms with E-state index in [0.717, 1.165) is 54.6 Å². The molecule has 2 aromatic rings. The van der Waals surface area contributed by atoms with Crippen LogP contribution in [0.25, 0.3) is 10.8 Å². The molecule has 0 saturated carbocycles. The van der Waals surface area contributed by atoms with E-state index in [-0.39, 0.29) is 0 Å². The van der Waals surface area contributed by atoms with Gasteiger partial charge in [-0.3, -0.25) is 0 Å². The second kappa shape index (κ2) is 6.46. The third kappa shape index (κ3) is 3.04. The Morgan fingerprint density at radius 1 is 1.14 bits per heavy atom. The highest BCUT2D eigenvalue weighted by Gasteiger charge is 2.20. The van der Waals surface area contributed by atoms with Crippen LogP contribution in [0.2, 0.25) is 0 Å². The van der Waals surface area contributed by atoms with Crippen molar-refractivity contribution in [1.29, 1.82) is 0 Å². The lowest BCUT2D eigenvalue weighted by atomic mass is 9.89. The SMILES string of the molecule is COc1ccc(C(O)CC2CCOCC2)c2ccccc12. The highest BCUT2D eigenvalue weighted by Crippen LogP contribution is 2.35. The van der Waals surface area contributed by atoms with Gasteiger partial charge in [-0.25, -0.2) is 0 Å². The summed E-state index contributed by atoms with van der Waals surface area (Å²) < 4.78 is 10.8. The van der Waals surface area contributed by atoms with Crippen molar-refractivity contribution in [2.45, 2.75) is 25.4 Å². The molecule has 1 heterocycles. The van der Waals surface area contributed by atoms with Crippen molar-refractivity contribution in [3.05, 3.63) is 42.0 Å². The number of fused-ring (bicyclic) bond motifs is 1. The average Bonchev–Trinajstić information content (AvgIpc) is 2.54. The number of hydrogen-bond donors (Lipinski definition) is 1. The van der Waals surface area contributed by atoms with E-state index < -0.39 is 6.10 Å². The first kappa shape index (κ1) is 14.4. The quantitative estimate of drug-likeness (QED) is 0.931. The maximum absolute atomic E-state index is 10.7. The molecular formula is C18H22O3. The van der Waals surface area contributed by atoms with Crippen LogP contribution in [-0.4, -0.2) is 25.4 Å². The molecule has 0 amide bonds. The molecule has 0 aliphatic carbocycles. The van der Waals surface area contributed by atoms with Crippen LogP contribution in [-0.2, 0) is 4.74 Å². The van der Waals surface area contributed by atoms with Gasteiger partial charge in [-0.1, -0.05) is 30.3 Å². The highest BCUT2D eigenvalue weighted by atomic mass is 16.5. The third-order valence-corrected chi connectivity index (χ3v) is 4.39. The maximum Gasteiger partial charge on any atom is 0.126 e. The highest BCUT2D eigenvalue weighted by molar-refractivity contribution is 5.91. The topological polar surface area (TPSA) is 38.7 Å². The molecule has 1 atom stereocenters. The zero-order valence-corrected chi connectivity index (χ0v) is 12.4. The summed E-state index contributed by atoms with van der Waals surface area (Å²) in [5, 5.41) is 12.8. The van der Waals surface area contributed by atoms with Gasteiger partial charge in [-0.15, -0.1) is 0 Å². The third-order valence-electron chi connectivity index (χ3n) is 4.39. The summed E-state index contributed by atoms with van der Waals surface area (Å²) in [5.74, 6) is 1.40. The zero-order valence-electron chi connectivity index (χ0n) is 12.4. The monoisotopic (exact) mass is 286 g/mol. The van der Waals surface area contributed by atoms with E-state index in [9.17, 15) is 5.11 Å². The Balaban J connectivity index is 1.89. The molecular weight excluding hydrogens is 264 g/mol. The summed E-state index contributed by atoms with van der Waals surface area (Å²) >= 11 is 0. The molecule has 1 aliphatic rings. The van der Waals surface area contributed by atoms with Crippen LogP contribution in [0.3, 0.4) is 0 Å². The van der Waals surface area contributed by atoms with Gasteiger partial charge in [-0.2, -0.15) is 0 Å². The average molecular weight is 286 g/mol. The Labute approximate surface area is 125 Å². The Kier molecular flexibility index (Phi) is 4.42. The number of methoxy groups -OCH3 is 1.